The van der Waals surface area contributed by atoms with Crippen molar-refractivity contribution < 1.29 is 4.79 Å². The van der Waals surface area contributed by atoms with E-state index < -0.39 is 0 Å². The van der Waals surface area contributed by atoms with E-state index in [0.29, 0.717) is 5.91 Å². The Morgan fingerprint density at radius 3 is 2.76 bits per heavy atom. The lowest BCUT2D eigenvalue weighted by Gasteiger charge is -2.26. The Bertz CT molecular complexity index is 460. The minimum absolute atomic E-state index is 0.0754. The van der Waals surface area contributed by atoms with Gasteiger partial charge in [0, 0.05) is 25.6 Å². The minimum Gasteiger partial charge on any atom is -0.342 e. The summed E-state index contributed by atoms with van der Waals surface area (Å²) in [5.41, 5.74) is 1.66. The number of nitrogens with zero attached hydrogens (tertiary/aromatic N) is 1. The average molecular weight is 288 g/mol. The normalized spacial score (nSPS) is 23.3. The van der Waals surface area contributed by atoms with Gasteiger partial charge in [-0.05, 0) is 37.3 Å². The predicted octanol–water partition coefficient (Wildman–Crippen LogP) is 2.71. The number of rotatable bonds is 6. The topological polar surface area (TPSA) is 32.3 Å². The molecule has 3 heteroatoms. The van der Waals surface area contributed by atoms with Crippen molar-refractivity contribution in [3.8, 4) is 0 Å². The standard InChI is InChI=1S/C18H28N2O/c1-15(13-19-3)17(21)20-12-11-18(2,14-20)10-9-16-7-5-4-6-8-16/h4-8,15,19H,9-14H2,1-3H3. The van der Waals surface area contributed by atoms with Gasteiger partial charge in [-0.15, -0.1) is 0 Å². The summed E-state index contributed by atoms with van der Waals surface area (Å²) < 4.78 is 0. The van der Waals surface area contributed by atoms with Gasteiger partial charge in [-0.1, -0.05) is 44.2 Å². The number of hydrogen-bond donors (Lipinski definition) is 1. The van der Waals surface area contributed by atoms with Gasteiger partial charge in [0.15, 0.2) is 0 Å². The number of aryl methyl sites for hydroxylation is 1. The molecule has 2 rings (SSSR count). The molecule has 0 aliphatic carbocycles. The number of benzene rings is 1. The predicted molar refractivity (Wildman–Crippen MR) is 87.2 cm³/mol. The quantitative estimate of drug-likeness (QED) is 0.873. The summed E-state index contributed by atoms with van der Waals surface area (Å²) in [5.74, 6) is 0.374. The van der Waals surface area contributed by atoms with Gasteiger partial charge in [0.1, 0.15) is 0 Å². The summed E-state index contributed by atoms with van der Waals surface area (Å²) in [5, 5.41) is 3.09. The van der Waals surface area contributed by atoms with Crippen molar-refractivity contribution in [2.45, 2.75) is 33.1 Å². The van der Waals surface area contributed by atoms with Crippen LogP contribution >= 0.6 is 0 Å². The fourth-order valence-corrected chi connectivity index (χ4v) is 3.21. The van der Waals surface area contributed by atoms with E-state index in [-0.39, 0.29) is 11.3 Å². The average Bonchev–Trinajstić information content (AvgIpc) is 2.89. The highest BCUT2D eigenvalue weighted by atomic mass is 16.2. The maximum absolute atomic E-state index is 12.4. The Hall–Kier alpha value is -1.35. The summed E-state index contributed by atoms with van der Waals surface area (Å²) in [7, 11) is 1.90. The third-order valence-electron chi connectivity index (χ3n) is 4.66. The lowest BCUT2D eigenvalue weighted by molar-refractivity contribution is -0.134. The highest BCUT2D eigenvalue weighted by Crippen LogP contribution is 2.35. The Balaban J connectivity index is 1.86. The molecule has 3 nitrogen and oxygen atoms in total. The number of hydrogen-bond acceptors (Lipinski definition) is 2. The van der Waals surface area contributed by atoms with Crippen LogP contribution in [0.5, 0.6) is 0 Å². The monoisotopic (exact) mass is 288 g/mol. The number of carbonyl (C=O) groups is 1. The second-order valence-corrected chi connectivity index (χ2v) is 6.76. The smallest absolute Gasteiger partial charge is 0.226 e. The molecule has 1 fully saturated rings. The van der Waals surface area contributed by atoms with Gasteiger partial charge in [0.2, 0.25) is 5.91 Å². The van der Waals surface area contributed by atoms with Crippen molar-refractivity contribution in [2.75, 3.05) is 26.7 Å². The lowest BCUT2D eigenvalue weighted by Crippen LogP contribution is -2.38. The SMILES string of the molecule is CNCC(C)C(=O)N1CCC(C)(CCc2ccccc2)C1. The first kappa shape index (κ1) is 16.0. The molecule has 1 aromatic carbocycles. The molecule has 1 heterocycles. The van der Waals surface area contributed by atoms with E-state index in [9.17, 15) is 4.79 Å². The van der Waals surface area contributed by atoms with Crippen molar-refractivity contribution in [2.24, 2.45) is 11.3 Å². The molecule has 0 spiro atoms. The summed E-state index contributed by atoms with van der Waals surface area (Å²) in [4.78, 5) is 14.4. The van der Waals surface area contributed by atoms with Gasteiger partial charge >= 0.3 is 0 Å². The Labute approximate surface area is 128 Å². The third kappa shape index (κ3) is 4.31. The van der Waals surface area contributed by atoms with Crippen molar-refractivity contribution in [3.63, 3.8) is 0 Å². The Morgan fingerprint density at radius 1 is 1.38 bits per heavy atom. The van der Waals surface area contributed by atoms with Crippen molar-refractivity contribution in [1.29, 1.82) is 0 Å². The molecule has 1 amide bonds. The molecule has 1 N–H and O–H groups in total. The Morgan fingerprint density at radius 2 is 2.10 bits per heavy atom. The van der Waals surface area contributed by atoms with E-state index in [4.69, 9.17) is 0 Å². The van der Waals surface area contributed by atoms with Crippen LogP contribution < -0.4 is 5.32 Å². The van der Waals surface area contributed by atoms with Gasteiger partial charge < -0.3 is 10.2 Å². The zero-order valence-electron chi connectivity index (χ0n) is 13.6. The van der Waals surface area contributed by atoms with Crippen LogP contribution in [-0.4, -0.2) is 37.5 Å². The van der Waals surface area contributed by atoms with E-state index in [2.05, 4.69) is 47.5 Å². The van der Waals surface area contributed by atoms with E-state index >= 15 is 0 Å². The van der Waals surface area contributed by atoms with Crippen LogP contribution in [0.2, 0.25) is 0 Å². The molecule has 0 bridgehead atoms. The number of nitrogens with one attached hydrogen (secondary N) is 1. The highest BCUT2D eigenvalue weighted by molar-refractivity contribution is 5.79. The molecule has 0 aromatic heterocycles. The Kier molecular flexibility index (Phi) is 5.40. The van der Waals surface area contributed by atoms with Gasteiger partial charge in [-0.3, -0.25) is 4.79 Å². The lowest BCUT2D eigenvalue weighted by atomic mass is 9.83. The fraction of sp³-hybridized carbons (Fsp3) is 0.611. The third-order valence-corrected chi connectivity index (χ3v) is 4.66. The minimum atomic E-state index is 0.0754. The molecule has 21 heavy (non-hydrogen) atoms. The summed E-state index contributed by atoms with van der Waals surface area (Å²) in [6, 6.07) is 10.6. The van der Waals surface area contributed by atoms with Gasteiger partial charge in [0.05, 0.1) is 0 Å². The molecule has 2 unspecified atom stereocenters. The summed E-state index contributed by atoms with van der Waals surface area (Å²) in [6.45, 7) is 6.92. The van der Waals surface area contributed by atoms with Crippen LogP contribution in [0.4, 0.5) is 0 Å². The zero-order valence-corrected chi connectivity index (χ0v) is 13.6. The van der Waals surface area contributed by atoms with Crippen LogP contribution in [0.3, 0.4) is 0 Å². The van der Waals surface area contributed by atoms with Crippen LogP contribution in [0.25, 0.3) is 0 Å². The van der Waals surface area contributed by atoms with Crippen LogP contribution in [0.15, 0.2) is 30.3 Å². The molecule has 1 aliphatic rings. The maximum Gasteiger partial charge on any atom is 0.226 e. The second-order valence-electron chi connectivity index (χ2n) is 6.76. The maximum atomic E-state index is 12.4. The van der Waals surface area contributed by atoms with E-state index in [1.807, 2.05) is 14.0 Å². The molecule has 1 aromatic rings. The molecular weight excluding hydrogens is 260 g/mol. The zero-order chi connectivity index (χ0) is 15.3. The van der Waals surface area contributed by atoms with Crippen molar-refractivity contribution >= 4 is 5.91 Å². The molecular formula is C18H28N2O. The van der Waals surface area contributed by atoms with Gasteiger partial charge in [-0.25, -0.2) is 0 Å². The first-order valence-electron chi connectivity index (χ1n) is 8.01. The molecule has 0 radical (unpaired) electrons. The van der Waals surface area contributed by atoms with Crippen LogP contribution in [0, 0.1) is 11.3 Å². The fourth-order valence-electron chi connectivity index (χ4n) is 3.21. The first-order chi connectivity index (χ1) is 10.0. The summed E-state index contributed by atoms with van der Waals surface area (Å²) in [6.07, 6.45) is 3.38. The van der Waals surface area contributed by atoms with Gasteiger partial charge in [-0.2, -0.15) is 0 Å². The number of carbonyl (C=O) groups excluding carboxylic acids is 1. The van der Waals surface area contributed by atoms with E-state index in [0.717, 1.165) is 38.9 Å². The number of amides is 1. The largest absolute Gasteiger partial charge is 0.342 e. The number of likely N-dealkylation sites (tertiary alicyclic amines) is 1. The second kappa shape index (κ2) is 7.08. The van der Waals surface area contributed by atoms with Crippen molar-refractivity contribution in [3.05, 3.63) is 35.9 Å². The molecule has 0 saturated carbocycles. The van der Waals surface area contributed by atoms with Gasteiger partial charge in [0.25, 0.3) is 0 Å². The molecule has 1 aliphatic heterocycles. The van der Waals surface area contributed by atoms with E-state index in [1.54, 1.807) is 0 Å². The molecule has 116 valence electrons. The summed E-state index contributed by atoms with van der Waals surface area (Å²) >= 11 is 0. The van der Waals surface area contributed by atoms with E-state index in [1.165, 1.54) is 5.56 Å². The molecule has 2 atom stereocenters. The first-order valence-corrected chi connectivity index (χ1v) is 8.01. The van der Waals surface area contributed by atoms with Crippen LogP contribution in [-0.2, 0) is 11.2 Å². The highest BCUT2D eigenvalue weighted by Gasteiger charge is 2.36. The molecule has 1 saturated heterocycles. The van der Waals surface area contributed by atoms with Crippen molar-refractivity contribution in [1.82, 2.24) is 10.2 Å². The van der Waals surface area contributed by atoms with Crippen LogP contribution in [0.1, 0.15) is 32.3 Å².